The summed E-state index contributed by atoms with van der Waals surface area (Å²) in [6.07, 6.45) is 1.66. The van der Waals surface area contributed by atoms with E-state index < -0.39 is 0 Å². The van der Waals surface area contributed by atoms with Crippen LogP contribution in [-0.2, 0) is 11.3 Å². The number of benzene rings is 2. The molecule has 0 amide bonds. The number of nitrogens with one attached hydrogen (secondary N) is 1. The molecule has 0 unspecified atom stereocenters. The van der Waals surface area contributed by atoms with Crippen LogP contribution in [0, 0.1) is 0 Å². The van der Waals surface area contributed by atoms with E-state index in [1.54, 1.807) is 24.3 Å². The molecule has 2 heterocycles. The van der Waals surface area contributed by atoms with Crippen molar-refractivity contribution in [3.05, 3.63) is 63.9 Å². The Kier molecular flexibility index (Phi) is 4.68. The number of hydrogen-bond acceptors (Lipinski definition) is 4. The van der Waals surface area contributed by atoms with Gasteiger partial charge in [0.1, 0.15) is 25.4 Å². The van der Waals surface area contributed by atoms with Gasteiger partial charge in [-0.05, 0) is 29.8 Å². The molecule has 0 aliphatic carbocycles. The molecule has 1 N–H and O–H groups in total. The number of ketones is 1. The average Bonchev–Trinajstić information content (AvgIpc) is 2.95. The Morgan fingerprint density at radius 2 is 2.00 bits per heavy atom. The lowest BCUT2D eigenvalue weighted by Crippen LogP contribution is -3.12. The standard InChI is InChI=1S/C20H18ClNO4/c21-14-3-1-2-13(10-14)11-18-19(24)15-4-5-17(23)16(20(15)26-18)12-22-6-8-25-9-7-22/h1-5,10-11,23H,6-9,12H2/b18-11-. The van der Waals surface area contributed by atoms with Crippen molar-refractivity contribution < 1.29 is 24.3 Å². The highest BCUT2D eigenvalue weighted by molar-refractivity contribution is 6.30. The molecule has 2 aromatic rings. The molecule has 1 fully saturated rings. The number of halogens is 1. The minimum absolute atomic E-state index is 0.0976. The van der Waals surface area contributed by atoms with Gasteiger partial charge in [0.05, 0.1) is 18.8 Å². The van der Waals surface area contributed by atoms with Gasteiger partial charge >= 0.3 is 0 Å². The summed E-state index contributed by atoms with van der Waals surface area (Å²) in [5, 5.41) is 13.0. The van der Waals surface area contributed by atoms with E-state index >= 15 is 0 Å². The van der Waals surface area contributed by atoms with Crippen molar-refractivity contribution >= 4 is 23.5 Å². The monoisotopic (exact) mass is 371 g/mol. The van der Waals surface area contributed by atoms with E-state index in [4.69, 9.17) is 21.1 Å². The van der Waals surface area contributed by atoms with Gasteiger partial charge in [-0.15, -0.1) is 0 Å². The number of allylic oxidation sites excluding steroid dienone is 1. The zero-order valence-electron chi connectivity index (χ0n) is 14.1. The Morgan fingerprint density at radius 3 is 2.77 bits per heavy atom. The molecule has 26 heavy (non-hydrogen) atoms. The van der Waals surface area contributed by atoms with Crippen LogP contribution in [0.25, 0.3) is 6.08 Å². The smallest absolute Gasteiger partial charge is 0.231 e. The summed E-state index contributed by atoms with van der Waals surface area (Å²) in [4.78, 5) is 13.9. The molecule has 1 saturated heterocycles. The maximum atomic E-state index is 12.7. The van der Waals surface area contributed by atoms with Crippen LogP contribution >= 0.6 is 11.6 Å². The number of rotatable bonds is 3. The molecule has 0 aromatic heterocycles. The van der Waals surface area contributed by atoms with E-state index in [0.717, 1.165) is 18.7 Å². The normalized spacial score (nSPS) is 18.8. The van der Waals surface area contributed by atoms with Crippen LogP contribution < -0.4 is 14.7 Å². The molecule has 0 radical (unpaired) electrons. The van der Waals surface area contributed by atoms with E-state index in [-0.39, 0.29) is 17.3 Å². The molecule has 5 nitrogen and oxygen atoms in total. The largest absolute Gasteiger partial charge is 0.872 e. The molecule has 0 bridgehead atoms. The number of hydrogen-bond donors (Lipinski definition) is 1. The van der Waals surface area contributed by atoms with Crippen molar-refractivity contribution in [3.63, 3.8) is 0 Å². The third-order valence-corrected chi connectivity index (χ3v) is 4.91. The van der Waals surface area contributed by atoms with Crippen LogP contribution in [0.15, 0.2) is 42.2 Å². The zero-order valence-corrected chi connectivity index (χ0v) is 14.8. The van der Waals surface area contributed by atoms with Gasteiger partial charge in [0.25, 0.3) is 0 Å². The van der Waals surface area contributed by atoms with Crippen LogP contribution in [0.1, 0.15) is 21.5 Å². The summed E-state index contributed by atoms with van der Waals surface area (Å²) >= 11 is 6.00. The summed E-state index contributed by atoms with van der Waals surface area (Å²) < 4.78 is 11.2. The molecule has 2 aliphatic heterocycles. The van der Waals surface area contributed by atoms with Gasteiger partial charge in [-0.25, -0.2) is 0 Å². The molecule has 2 aromatic carbocycles. The summed E-state index contributed by atoms with van der Waals surface area (Å²) in [6, 6.07) is 10.2. The fourth-order valence-electron chi connectivity index (χ4n) is 3.29. The SMILES string of the molecule is O=C1/C(=C/c2cccc(Cl)c2)Oc2c1ccc([O-])c2C[NH+]1CCOCC1. The number of Topliss-reactive ketones (excluding diaryl/α,β-unsaturated/α-hetero) is 1. The number of fused-ring (bicyclic) bond motifs is 1. The molecule has 0 spiro atoms. The fraction of sp³-hybridized carbons (Fsp3) is 0.250. The second kappa shape index (κ2) is 7.11. The fourth-order valence-corrected chi connectivity index (χ4v) is 3.49. The van der Waals surface area contributed by atoms with E-state index in [0.29, 0.717) is 41.7 Å². The molecule has 0 saturated carbocycles. The maximum absolute atomic E-state index is 12.7. The molecule has 134 valence electrons. The van der Waals surface area contributed by atoms with Crippen LogP contribution in [0.5, 0.6) is 11.5 Å². The van der Waals surface area contributed by atoms with Crippen molar-refractivity contribution in [1.29, 1.82) is 0 Å². The Morgan fingerprint density at radius 1 is 1.19 bits per heavy atom. The quantitative estimate of drug-likeness (QED) is 0.829. The Labute approximate surface area is 156 Å². The Balaban J connectivity index is 1.66. The Hall–Kier alpha value is -2.34. The van der Waals surface area contributed by atoms with Crippen LogP contribution in [0.3, 0.4) is 0 Å². The molecule has 4 rings (SSSR count). The van der Waals surface area contributed by atoms with Gasteiger partial charge in [-0.2, -0.15) is 0 Å². The van der Waals surface area contributed by atoms with Gasteiger partial charge in [-0.3, -0.25) is 4.79 Å². The molecule has 2 aliphatic rings. The number of ether oxygens (including phenoxy) is 2. The highest BCUT2D eigenvalue weighted by Crippen LogP contribution is 2.38. The highest BCUT2D eigenvalue weighted by atomic mass is 35.5. The molecular formula is C20H18ClNO4. The summed E-state index contributed by atoms with van der Waals surface area (Å²) in [5.41, 5.74) is 1.78. The lowest BCUT2D eigenvalue weighted by atomic mass is 10.0. The first-order valence-corrected chi connectivity index (χ1v) is 8.93. The first-order chi connectivity index (χ1) is 12.6. The van der Waals surface area contributed by atoms with Gasteiger partial charge in [-0.1, -0.05) is 35.5 Å². The summed E-state index contributed by atoms with van der Waals surface area (Å²) in [6.45, 7) is 3.56. The van der Waals surface area contributed by atoms with Gasteiger partial charge < -0.3 is 19.5 Å². The lowest BCUT2D eigenvalue weighted by molar-refractivity contribution is -0.921. The second-order valence-electron chi connectivity index (χ2n) is 6.45. The second-order valence-corrected chi connectivity index (χ2v) is 6.89. The average molecular weight is 372 g/mol. The maximum Gasteiger partial charge on any atom is 0.231 e. The van der Waals surface area contributed by atoms with Crippen molar-refractivity contribution in [1.82, 2.24) is 0 Å². The Bertz CT molecular complexity index is 887. The third kappa shape index (κ3) is 3.33. The first-order valence-electron chi connectivity index (χ1n) is 8.56. The zero-order chi connectivity index (χ0) is 18.1. The first kappa shape index (κ1) is 17.1. The summed E-state index contributed by atoms with van der Waals surface area (Å²) in [5.74, 6) is 0.304. The minimum Gasteiger partial charge on any atom is -0.872 e. The van der Waals surface area contributed by atoms with E-state index in [2.05, 4.69) is 0 Å². The van der Waals surface area contributed by atoms with Crippen molar-refractivity contribution in [2.75, 3.05) is 26.3 Å². The predicted molar refractivity (Wildman–Crippen MR) is 95.5 cm³/mol. The highest BCUT2D eigenvalue weighted by Gasteiger charge is 2.31. The number of carbonyl (C=O) groups excluding carboxylic acids is 1. The molecule has 6 heteroatoms. The predicted octanol–water partition coefficient (Wildman–Crippen LogP) is 1.44. The van der Waals surface area contributed by atoms with Crippen molar-refractivity contribution in [3.8, 4) is 11.5 Å². The number of quaternary nitrogens is 1. The molecular weight excluding hydrogens is 354 g/mol. The van der Waals surface area contributed by atoms with Gasteiger partial charge in [0, 0.05) is 10.6 Å². The van der Waals surface area contributed by atoms with Crippen LogP contribution in [-0.4, -0.2) is 32.1 Å². The number of morpholine rings is 1. The van der Waals surface area contributed by atoms with Crippen LogP contribution in [0.4, 0.5) is 0 Å². The third-order valence-electron chi connectivity index (χ3n) is 4.67. The number of carbonyl (C=O) groups is 1. The van der Waals surface area contributed by atoms with Crippen molar-refractivity contribution in [2.45, 2.75) is 6.54 Å². The topological polar surface area (TPSA) is 63.0 Å². The van der Waals surface area contributed by atoms with E-state index in [1.807, 2.05) is 12.1 Å². The van der Waals surface area contributed by atoms with E-state index in [9.17, 15) is 9.90 Å². The van der Waals surface area contributed by atoms with Gasteiger partial charge in [0.15, 0.2) is 5.76 Å². The van der Waals surface area contributed by atoms with E-state index in [1.165, 1.54) is 11.0 Å². The van der Waals surface area contributed by atoms with Crippen LogP contribution in [0.2, 0.25) is 5.02 Å². The molecule has 0 atom stereocenters. The lowest BCUT2D eigenvalue weighted by Gasteiger charge is -2.26. The van der Waals surface area contributed by atoms with Gasteiger partial charge in [0.2, 0.25) is 5.78 Å². The minimum atomic E-state index is -0.210. The van der Waals surface area contributed by atoms with Crippen molar-refractivity contribution in [2.24, 2.45) is 0 Å². The summed E-state index contributed by atoms with van der Waals surface area (Å²) in [7, 11) is 0.